The number of aryl methyl sites for hydroxylation is 1. The van der Waals surface area contributed by atoms with Gasteiger partial charge >= 0.3 is 0 Å². The van der Waals surface area contributed by atoms with Gasteiger partial charge in [-0.2, -0.15) is 0 Å². The molecule has 0 atom stereocenters. The van der Waals surface area contributed by atoms with E-state index in [0.29, 0.717) is 0 Å². The Morgan fingerprint density at radius 3 is 2.48 bits per heavy atom. The van der Waals surface area contributed by atoms with Gasteiger partial charge in [0.05, 0.1) is 0 Å². The van der Waals surface area contributed by atoms with Gasteiger partial charge in [-0.15, -0.1) is 0 Å². The maximum atomic E-state index is 5.63. The van der Waals surface area contributed by atoms with Gasteiger partial charge in [-0.05, 0) is 53.2 Å². The van der Waals surface area contributed by atoms with E-state index in [1.165, 1.54) is 21.9 Å². The first-order valence-corrected chi connectivity index (χ1v) is 9.91. The number of thiocarbonyl (C=S) groups is 1. The molecule has 4 heteroatoms. The van der Waals surface area contributed by atoms with Gasteiger partial charge in [0, 0.05) is 38.4 Å². The summed E-state index contributed by atoms with van der Waals surface area (Å²) in [5, 5.41) is 6.88. The molecule has 1 N–H and O–H groups in total. The van der Waals surface area contributed by atoms with Crippen LogP contribution >= 0.6 is 12.2 Å². The lowest BCUT2D eigenvalue weighted by Gasteiger charge is -2.36. The molecule has 1 aliphatic rings. The second-order valence-corrected chi connectivity index (χ2v) is 7.59. The Hall–Kier alpha value is -2.43. The summed E-state index contributed by atoms with van der Waals surface area (Å²) in [6.45, 7) is 7.07. The number of nitrogens with zero attached hydrogens (tertiary/aromatic N) is 2. The first-order valence-electron chi connectivity index (χ1n) is 9.51. The van der Waals surface area contributed by atoms with E-state index in [4.69, 9.17) is 12.2 Å². The zero-order valence-electron chi connectivity index (χ0n) is 15.7. The van der Waals surface area contributed by atoms with E-state index in [1.54, 1.807) is 0 Å². The Labute approximate surface area is 166 Å². The van der Waals surface area contributed by atoms with Gasteiger partial charge < -0.3 is 10.2 Å². The molecule has 0 amide bonds. The predicted molar refractivity (Wildman–Crippen MR) is 118 cm³/mol. The highest BCUT2D eigenvalue weighted by Gasteiger charge is 2.19. The van der Waals surface area contributed by atoms with E-state index in [2.05, 4.69) is 88.8 Å². The van der Waals surface area contributed by atoms with Crippen LogP contribution in [-0.2, 0) is 6.54 Å². The van der Waals surface area contributed by atoms with Crippen LogP contribution in [-0.4, -0.2) is 41.1 Å². The minimum Gasteiger partial charge on any atom is -0.346 e. The van der Waals surface area contributed by atoms with Gasteiger partial charge in [0.1, 0.15) is 0 Å². The number of fused-ring (bicyclic) bond motifs is 1. The first-order chi connectivity index (χ1) is 13.2. The third-order valence-corrected chi connectivity index (χ3v) is 5.56. The molecule has 1 saturated heterocycles. The molecule has 0 radical (unpaired) electrons. The van der Waals surface area contributed by atoms with Gasteiger partial charge in [-0.25, -0.2) is 0 Å². The second-order valence-electron chi connectivity index (χ2n) is 7.20. The smallest absolute Gasteiger partial charge is 0.173 e. The summed E-state index contributed by atoms with van der Waals surface area (Å²) in [6, 6.07) is 23.6. The first kappa shape index (κ1) is 18.0. The van der Waals surface area contributed by atoms with Crippen molar-refractivity contribution in [1.29, 1.82) is 0 Å². The lowest BCUT2D eigenvalue weighted by atomic mass is 10.0. The van der Waals surface area contributed by atoms with Gasteiger partial charge in [0.2, 0.25) is 0 Å². The van der Waals surface area contributed by atoms with E-state index < -0.39 is 0 Å². The highest BCUT2D eigenvalue weighted by Crippen LogP contribution is 2.21. The molecule has 4 rings (SSSR count). The fraction of sp³-hybridized carbons (Fsp3) is 0.261. The highest BCUT2D eigenvalue weighted by molar-refractivity contribution is 7.80. The number of nitrogens with one attached hydrogen (secondary N) is 1. The standard InChI is InChI=1S/C23H25N3S/c1-18-6-4-10-21(16-18)24-23(27)26-14-12-25(13-15-26)17-20-9-5-8-19-7-2-3-11-22(19)20/h2-11,16H,12-15,17H2,1H3,(H,24,27). The van der Waals surface area contributed by atoms with Gasteiger partial charge in [-0.1, -0.05) is 54.6 Å². The van der Waals surface area contributed by atoms with Crippen LogP contribution in [0.15, 0.2) is 66.7 Å². The van der Waals surface area contributed by atoms with Crippen LogP contribution in [0.3, 0.4) is 0 Å². The van der Waals surface area contributed by atoms with E-state index in [-0.39, 0.29) is 0 Å². The van der Waals surface area contributed by atoms with Crippen molar-refractivity contribution in [2.75, 3.05) is 31.5 Å². The molecule has 138 valence electrons. The van der Waals surface area contributed by atoms with E-state index in [9.17, 15) is 0 Å². The van der Waals surface area contributed by atoms with E-state index in [1.807, 2.05) is 0 Å². The van der Waals surface area contributed by atoms with Crippen molar-refractivity contribution in [2.24, 2.45) is 0 Å². The third kappa shape index (κ3) is 4.29. The molecule has 3 nitrogen and oxygen atoms in total. The highest BCUT2D eigenvalue weighted by atomic mass is 32.1. The van der Waals surface area contributed by atoms with Crippen LogP contribution in [0, 0.1) is 6.92 Å². The summed E-state index contributed by atoms with van der Waals surface area (Å²) < 4.78 is 0. The average Bonchev–Trinajstić information content (AvgIpc) is 2.69. The van der Waals surface area contributed by atoms with Crippen molar-refractivity contribution < 1.29 is 0 Å². The number of rotatable bonds is 3. The van der Waals surface area contributed by atoms with E-state index >= 15 is 0 Å². The Kier molecular flexibility index (Phi) is 5.37. The number of benzene rings is 3. The molecule has 0 saturated carbocycles. The quantitative estimate of drug-likeness (QED) is 0.671. The number of anilines is 1. The monoisotopic (exact) mass is 375 g/mol. The summed E-state index contributed by atoms with van der Waals surface area (Å²) in [6.07, 6.45) is 0. The molecule has 1 fully saturated rings. The predicted octanol–water partition coefficient (Wildman–Crippen LogP) is 4.66. The Morgan fingerprint density at radius 2 is 1.67 bits per heavy atom. The maximum absolute atomic E-state index is 5.63. The van der Waals surface area contributed by atoms with Crippen LogP contribution in [0.5, 0.6) is 0 Å². The van der Waals surface area contributed by atoms with Crippen molar-refractivity contribution in [3.8, 4) is 0 Å². The summed E-state index contributed by atoms with van der Waals surface area (Å²) in [4.78, 5) is 4.80. The molecule has 3 aromatic carbocycles. The maximum Gasteiger partial charge on any atom is 0.173 e. The molecule has 0 bridgehead atoms. The van der Waals surface area contributed by atoms with Gasteiger partial charge in [0.25, 0.3) is 0 Å². The number of hydrogen-bond donors (Lipinski definition) is 1. The second kappa shape index (κ2) is 8.07. The molecule has 27 heavy (non-hydrogen) atoms. The number of hydrogen-bond acceptors (Lipinski definition) is 2. The summed E-state index contributed by atoms with van der Waals surface area (Å²) in [5.41, 5.74) is 3.71. The summed E-state index contributed by atoms with van der Waals surface area (Å²) in [5.74, 6) is 0. The van der Waals surface area contributed by atoms with Crippen molar-refractivity contribution in [3.63, 3.8) is 0 Å². The van der Waals surface area contributed by atoms with Crippen molar-refractivity contribution in [3.05, 3.63) is 77.9 Å². The molecule has 1 aliphatic heterocycles. The zero-order valence-corrected chi connectivity index (χ0v) is 16.5. The molecule has 0 unspecified atom stereocenters. The van der Waals surface area contributed by atoms with E-state index in [0.717, 1.165) is 43.5 Å². The molecule has 0 aromatic heterocycles. The van der Waals surface area contributed by atoms with Crippen LogP contribution in [0.4, 0.5) is 5.69 Å². The minimum atomic E-state index is 0.824. The van der Waals surface area contributed by atoms with Crippen LogP contribution in [0.1, 0.15) is 11.1 Å². The molecule has 0 spiro atoms. The third-order valence-electron chi connectivity index (χ3n) is 5.20. The van der Waals surface area contributed by atoms with Crippen molar-refractivity contribution in [2.45, 2.75) is 13.5 Å². The lowest BCUT2D eigenvalue weighted by molar-refractivity contribution is 0.177. The van der Waals surface area contributed by atoms with Crippen LogP contribution in [0.25, 0.3) is 10.8 Å². The topological polar surface area (TPSA) is 18.5 Å². The number of piperazine rings is 1. The van der Waals surface area contributed by atoms with Crippen LogP contribution < -0.4 is 5.32 Å². The van der Waals surface area contributed by atoms with Gasteiger partial charge in [-0.3, -0.25) is 4.90 Å². The van der Waals surface area contributed by atoms with Crippen molar-refractivity contribution in [1.82, 2.24) is 9.80 Å². The Bertz CT molecular complexity index is 940. The Morgan fingerprint density at radius 1 is 0.926 bits per heavy atom. The summed E-state index contributed by atoms with van der Waals surface area (Å²) in [7, 11) is 0. The van der Waals surface area contributed by atoms with Crippen molar-refractivity contribution >= 4 is 33.8 Å². The Balaban J connectivity index is 1.35. The molecular formula is C23H25N3S. The fourth-order valence-corrected chi connectivity index (χ4v) is 4.01. The summed E-state index contributed by atoms with van der Waals surface area (Å²) >= 11 is 5.63. The normalized spacial score (nSPS) is 15.1. The average molecular weight is 376 g/mol. The molecular weight excluding hydrogens is 350 g/mol. The minimum absolute atomic E-state index is 0.824. The molecule has 3 aromatic rings. The molecule has 1 heterocycles. The van der Waals surface area contributed by atoms with Crippen LogP contribution in [0.2, 0.25) is 0 Å². The van der Waals surface area contributed by atoms with Gasteiger partial charge in [0.15, 0.2) is 5.11 Å². The molecule has 0 aliphatic carbocycles. The SMILES string of the molecule is Cc1cccc(NC(=S)N2CCN(Cc3cccc4ccccc34)CC2)c1. The zero-order chi connectivity index (χ0) is 18.6. The largest absolute Gasteiger partial charge is 0.346 e. The lowest BCUT2D eigenvalue weighted by Crippen LogP contribution is -2.49. The fourth-order valence-electron chi connectivity index (χ4n) is 3.71.